The monoisotopic (exact) mass is 256 g/mol. The first-order chi connectivity index (χ1) is 8.58. The smallest absolute Gasteiger partial charge is 0.373 e. The highest BCUT2D eigenvalue weighted by atomic mass is 16.6. The summed E-state index contributed by atoms with van der Waals surface area (Å²) in [4.78, 5) is 11.2. The number of carbonyl (C=O) groups excluding carboxylic acids is 1. The summed E-state index contributed by atoms with van der Waals surface area (Å²) in [7, 11) is 1.31. The normalized spacial score (nSPS) is 14.2. The number of furan rings is 1. The van der Waals surface area contributed by atoms with E-state index in [1.165, 1.54) is 7.11 Å². The van der Waals surface area contributed by atoms with E-state index in [1.54, 1.807) is 12.1 Å². The molecule has 0 aliphatic heterocycles. The van der Waals surface area contributed by atoms with Gasteiger partial charge in [-0.1, -0.05) is 0 Å². The number of ether oxygens (including phenoxy) is 3. The Morgan fingerprint density at radius 1 is 1.39 bits per heavy atom. The predicted molar refractivity (Wildman–Crippen MR) is 65.5 cm³/mol. The van der Waals surface area contributed by atoms with Crippen LogP contribution < -0.4 is 0 Å². The van der Waals surface area contributed by atoms with Crippen LogP contribution in [-0.2, 0) is 14.2 Å². The van der Waals surface area contributed by atoms with Crippen LogP contribution in [0.4, 0.5) is 0 Å². The molecule has 1 rings (SSSR count). The summed E-state index contributed by atoms with van der Waals surface area (Å²) >= 11 is 0. The van der Waals surface area contributed by atoms with Crippen LogP contribution in [0.3, 0.4) is 0 Å². The maximum atomic E-state index is 11.2. The van der Waals surface area contributed by atoms with Crippen molar-refractivity contribution in [3.05, 3.63) is 23.7 Å². The van der Waals surface area contributed by atoms with E-state index in [-0.39, 0.29) is 18.0 Å². The standard InChI is InChI=1S/C13H20O5/c1-5-16-8-9(2)17-10(3)11-6-7-12(18-11)13(14)15-4/h6-7,9-10H,5,8H2,1-4H3. The van der Waals surface area contributed by atoms with E-state index >= 15 is 0 Å². The molecule has 102 valence electrons. The number of rotatable bonds is 7. The van der Waals surface area contributed by atoms with E-state index in [2.05, 4.69) is 4.74 Å². The Morgan fingerprint density at radius 3 is 2.72 bits per heavy atom. The minimum atomic E-state index is -0.490. The molecule has 0 radical (unpaired) electrons. The van der Waals surface area contributed by atoms with Crippen molar-refractivity contribution in [2.24, 2.45) is 0 Å². The van der Waals surface area contributed by atoms with Gasteiger partial charge in [0, 0.05) is 6.61 Å². The van der Waals surface area contributed by atoms with Gasteiger partial charge in [0.05, 0.1) is 19.8 Å². The summed E-state index contributed by atoms with van der Waals surface area (Å²) in [5.74, 6) is 0.287. The van der Waals surface area contributed by atoms with E-state index in [1.807, 2.05) is 20.8 Å². The van der Waals surface area contributed by atoms with Crippen LogP contribution in [0.25, 0.3) is 0 Å². The highest BCUT2D eigenvalue weighted by Gasteiger charge is 2.17. The first kappa shape index (κ1) is 14.7. The van der Waals surface area contributed by atoms with Crippen molar-refractivity contribution in [2.45, 2.75) is 33.0 Å². The van der Waals surface area contributed by atoms with Crippen molar-refractivity contribution in [2.75, 3.05) is 20.3 Å². The van der Waals surface area contributed by atoms with Gasteiger partial charge in [0.2, 0.25) is 5.76 Å². The van der Waals surface area contributed by atoms with E-state index in [0.717, 1.165) is 0 Å². The Kier molecular flexibility index (Phi) is 5.88. The third-order valence-corrected chi connectivity index (χ3v) is 2.41. The lowest BCUT2D eigenvalue weighted by atomic mass is 10.3. The molecule has 1 aromatic rings. The van der Waals surface area contributed by atoms with Crippen molar-refractivity contribution in [3.63, 3.8) is 0 Å². The molecule has 0 amide bonds. The van der Waals surface area contributed by atoms with Crippen LogP contribution in [0, 0.1) is 0 Å². The molecule has 1 heterocycles. The van der Waals surface area contributed by atoms with Crippen LogP contribution >= 0.6 is 0 Å². The number of hydrogen-bond donors (Lipinski definition) is 0. The minimum Gasteiger partial charge on any atom is -0.463 e. The van der Waals surface area contributed by atoms with Crippen molar-refractivity contribution in [3.8, 4) is 0 Å². The van der Waals surface area contributed by atoms with E-state index in [4.69, 9.17) is 13.9 Å². The van der Waals surface area contributed by atoms with E-state index in [9.17, 15) is 4.79 Å². The van der Waals surface area contributed by atoms with Gasteiger partial charge in [0.15, 0.2) is 0 Å². The first-order valence-electron chi connectivity index (χ1n) is 5.99. The van der Waals surface area contributed by atoms with Crippen molar-refractivity contribution >= 4 is 5.97 Å². The largest absolute Gasteiger partial charge is 0.463 e. The second kappa shape index (κ2) is 7.18. The van der Waals surface area contributed by atoms with Crippen LogP contribution in [0.5, 0.6) is 0 Å². The molecular formula is C13H20O5. The molecule has 18 heavy (non-hydrogen) atoms. The molecule has 0 spiro atoms. The van der Waals surface area contributed by atoms with Crippen LogP contribution in [0.15, 0.2) is 16.5 Å². The Morgan fingerprint density at radius 2 is 2.11 bits per heavy atom. The zero-order valence-corrected chi connectivity index (χ0v) is 11.3. The van der Waals surface area contributed by atoms with Gasteiger partial charge in [0.25, 0.3) is 0 Å². The molecule has 0 fully saturated rings. The van der Waals surface area contributed by atoms with E-state index in [0.29, 0.717) is 19.0 Å². The summed E-state index contributed by atoms with van der Waals surface area (Å²) in [6, 6.07) is 3.29. The first-order valence-corrected chi connectivity index (χ1v) is 5.99. The molecule has 5 heteroatoms. The molecule has 1 aromatic heterocycles. The Labute approximate surface area is 107 Å². The van der Waals surface area contributed by atoms with Gasteiger partial charge < -0.3 is 18.6 Å². The predicted octanol–water partition coefficient (Wildman–Crippen LogP) is 2.57. The fraction of sp³-hybridized carbons (Fsp3) is 0.615. The molecule has 2 unspecified atom stereocenters. The highest BCUT2D eigenvalue weighted by Crippen LogP contribution is 2.21. The second-order valence-electron chi connectivity index (χ2n) is 3.94. The van der Waals surface area contributed by atoms with Gasteiger partial charge in [-0.15, -0.1) is 0 Å². The lowest BCUT2D eigenvalue weighted by Gasteiger charge is -2.17. The minimum absolute atomic E-state index is 0.0355. The molecule has 0 bridgehead atoms. The molecule has 5 nitrogen and oxygen atoms in total. The van der Waals surface area contributed by atoms with Crippen molar-refractivity contribution in [1.29, 1.82) is 0 Å². The summed E-state index contributed by atoms with van der Waals surface area (Å²) < 4.78 is 20.9. The number of methoxy groups -OCH3 is 1. The lowest BCUT2D eigenvalue weighted by molar-refractivity contribution is -0.0478. The second-order valence-corrected chi connectivity index (χ2v) is 3.94. The van der Waals surface area contributed by atoms with Crippen molar-refractivity contribution < 1.29 is 23.4 Å². The van der Waals surface area contributed by atoms with Gasteiger partial charge in [-0.25, -0.2) is 4.79 Å². The topological polar surface area (TPSA) is 57.9 Å². The Hall–Kier alpha value is -1.33. The highest BCUT2D eigenvalue weighted by molar-refractivity contribution is 5.86. The molecular weight excluding hydrogens is 236 g/mol. The zero-order chi connectivity index (χ0) is 13.5. The van der Waals surface area contributed by atoms with Crippen LogP contribution in [0.2, 0.25) is 0 Å². The van der Waals surface area contributed by atoms with E-state index < -0.39 is 5.97 Å². The number of carbonyl (C=O) groups is 1. The quantitative estimate of drug-likeness (QED) is 0.702. The van der Waals surface area contributed by atoms with Gasteiger partial charge >= 0.3 is 5.97 Å². The van der Waals surface area contributed by atoms with Gasteiger partial charge in [0.1, 0.15) is 11.9 Å². The fourth-order valence-corrected chi connectivity index (χ4v) is 1.52. The van der Waals surface area contributed by atoms with Crippen LogP contribution in [-0.4, -0.2) is 32.4 Å². The maximum absolute atomic E-state index is 11.2. The average Bonchev–Trinajstić information content (AvgIpc) is 2.85. The SMILES string of the molecule is CCOCC(C)OC(C)c1ccc(C(=O)OC)o1. The summed E-state index contributed by atoms with van der Waals surface area (Å²) in [6.45, 7) is 6.92. The van der Waals surface area contributed by atoms with Crippen LogP contribution in [0.1, 0.15) is 43.2 Å². The fourth-order valence-electron chi connectivity index (χ4n) is 1.52. The average molecular weight is 256 g/mol. The molecule has 0 aliphatic carbocycles. The zero-order valence-electron chi connectivity index (χ0n) is 11.3. The Bertz CT molecular complexity index is 371. The van der Waals surface area contributed by atoms with Crippen molar-refractivity contribution in [1.82, 2.24) is 0 Å². The van der Waals surface area contributed by atoms with Gasteiger partial charge in [-0.3, -0.25) is 0 Å². The molecule has 0 aliphatic rings. The third-order valence-electron chi connectivity index (χ3n) is 2.41. The molecule has 0 aromatic carbocycles. The van der Waals surface area contributed by atoms with Gasteiger partial charge in [-0.05, 0) is 32.9 Å². The summed E-state index contributed by atoms with van der Waals surface area (Å²) in [5.41, 5.74) is 0. The maximum Gasteiger partial charge on any atom is 0.373 e. The Balaban J connectivity index is 2.53. The summed E-state index contributed by atoms with van der Waals surface area (Å²) in [6.07, 6.45) is -0.273. The number of esters is 1. The summed E-state index contributed by atoms with van der Waals surface area (Å²) in [5, 5.41) is 0. The molecule has 0 saturated heterocycles. The molecule has 0 N–H and O–H groups in total. The molecule has 0 saturated carbocycles. The number of hydrogen-bond acceptors (Lipinski definition) is 5. The third kappa shape index (κ3) is 4.16. The lowest BCUT2D eigenvalue weighted by Crippen LogP contribution is -2.17. The van der Waals surface area contributed by atoms with Gasteiger partial charge in [-0.2, -0.15) is 0 Å². The molecule has 2 atom stereocenters.